The Morgan fingerprint density at radius 2 is 2.11 bits per heavy atom. The molecule has 0 aromatic rings. The molecule has 0 radical (unpaired) electrons. The van der Waals surface area contributed by atoms with E-state index >= 15 is 0 Å². The first kappa shape index (κ1) is 23.4. The van der Waals surface area contributed by atoms with Gasteiger partial charge in [-0.15, -0.1) is 0 Å². The van der Waals surface area contributed by atoms with E-state index in [-0.39, 0.29) is 30.4 Å². The topological polar surface area (TPSA) is 139 Å². The Hall–Kier alpha value is -2.59. The van der Waals surface area contributed by atoms with Crippen LogP contribution in [0, 0.1) is 16.2 Å². The first-order chi connectivity index (χ1) is 12.9. The Bertz CT molecular complexity index is 730. The second-order valence-electron chi connectivity index (χ2n) is 6.72. The van der Waals surface area contributed by atoms with Crippen molar-refractivity contribution in [1.82, 2.24) is 10.2 Å². The van der Waals surface area contributed by atoms with Crippen molar-refractivity contribution >= 4 is 40.7 Å². The maximum atomic E-state index is 14.3. The molecule has 0 aromatic heterocycles. The summed E-state index contributed by atoms with van der Waals surface area (Å²) in [6, 6.07) is 0. The first-order valence-corrected chi connectivity index (χ1v) is 8.64. The third-order valence-corrected chi connectivity index (χ3v) is 3.36. The molecule has 0 aromatic carbocycles. The molecule has 1 heterocycles. The highest BCUT2D eigenvalue weighted by atomic mass is 35.5. The summed E-state index contributed by atoms with van der Waals surface area (Å²) in [4.78, 5) is 25.2. The molecule has 1 amide bonds. The van der Waals surface area contributed by atoms with E-state index in [0.29, 0.717) is 0 Å². The van der Waals surface area contributed by atoms with Crippen LogP contribution < -0.4 is 5.32 Å². The Morgan fingerprint density at radius 1 is 1.46 bits per heavy atom. The van der Waals surface area contributed by atoms with Crippen LogP contribution in [0.2, 0.25) is 0 Å². The van der Waals surface area contributed by atoms with Gasteiger partial charge in [-0.2, -0.15) is 0 Å². The van der Waals surface area contributed by atoms with E-state index < -0.39 is 35.2 Å². The number of ether oxygens (including phenoxy) is 2. The van der Waals surface area contributed by atoms with Gasteiger partial charge < -0.3 is 20.2 Å². The molecule has 1 fully saturated rings. The minimum Gasteiger partial charge on any atom is -0.460 e. The zero-order chi connectivity index (χ0) is 21.5. The zero-order valence-electron chi connectivity index (χ0n) is 15.8. The zero-order valence-corrected chi connectivity index (χ0v) is 16.5. The van der Waals surface area contributed by atoms with E-state index in [9.17, 15) is 14.0 Å². The summed E-state index contributed by atoms with van der Waals surface area (Å²) in [6.45, 7) is 5.03. The summed E-state index contributed by atoms with van der Waals surface area (Å²) in [6.07, 6.45) is 1.13. The average Bonchev–Trinajstić information content (AvgIpc) is 2.57. The minimum atomic E-state index is -1.17. The van der Waals surface area contributed by atoms with E-state index in [1.54, 1.807) is 20.8 Å². The van der Waals surface area contributed by atoms with E-state index in [2.05, 4.69) is 5.32 Å². The maximum Gasteiger partial charge on any atom is 0.309 e. The number of carbonyl (C=O) groups is 2. The van der Waals surface area contributed by atoms with Crippen LogP contribution >= 0.6 is 11.6 Å². The van der Waals surface area contributed by atoms with Gasteiger partial charge in [0.05, 0.1) is 25.3 Å². The average molecular weight is 416 g/mol. The lowest BCUT2D eigenvalue weighted by molar-refractivity contribution is -0.165. The number of esters is 1. The van der Waals surface area contributed by atoms with Crippen molar-refractivity contribution in [2.24, 2.45) is 0 Å². The van der Waals surface area contributed by atoms with Crippen molar-refractivity contribution < 1.29 is 23.5 Å². The quantitative estimate of drug-likeness (QED) is 0.286. The standard InChI is InChI=1S/C17H23ClFN5O4/c1-17(2,3)28-14(25)7-12-16(26)24(4-5-27-12)15(22)11(19)9-23-10(8-20)6-13(18)21/h6,8-9,12,20-23H,4-5,7H2,1-3H3/b10-6+,11-9+,20-8?,21-13?,22-15?. The molecule has 1 rings (SSSR count). The monoisotopic (exact) mass is 415 g/mol. The molecule has 0 aliphatic carbocycles. The third kappa shape index (κ3) is 7.57. The Balaban J connectivity index is 2.80. The molecular weight excluding hydrogens is 393 g/mol. The van der Waals surface area contributed by atoms with Crippen molar-refractivity contribution in [1.29, 1.82) is 16.2 Å². The van der Waals surface area contributed by atoms with Crippen LogP contribution in [0.15, 0.2) is 23.8 Å². The normalized spacial score (nSPS) is 18.5. The molecule has 1 atom stereocenters. The van der Waals surface area contributed by atoms with Crippen LogP contribution in [0.4, 0.5) is 4.39 Å². The van der Waals surface area contributed by atoms with Crippen molar-refractivity contribution in [3.63, 3.8) is 0 Å². The highest BCUT2D eigenvalue weighted by molar-refractivity contribution is 6.67. The maximum absolute atomic E-state index is 14.3. The number of amidine groups is 1. The largest absolute Gasteiger partial charge is 0.460 e. The van der Waals surface area contributed by atoms with E-state index in [4.69, 9.17) is 37.3 Å². The first-order valence-electron chi connectivity index (χ1n) is 8.26. The lowest BCUT2D eigenvalue weighted by atomic mass is 10.1. The fourth-order valence-corrected chi connectivity index (χ4v) is 2.27. The highest BCUT2D eigenvalue weighted by Crippen LogP contribution is 2.17. The van der Waals surface area contributed by atoms with Crippen molar-refractivity contribution in [3.05, 3.63) is 23.8 Å². The number of morpholine rings is 1. The van der Waals surface area contributed by atoms with Crippen LogP contribution in [0.3, 0.4) is 0 Å². The predicted octanol–water partition coefficient (Wildman–Crippen LogP) is 2.07. The minimum absolute atomic E-state index is 0.0130. The Morgan fingerprint density at radius 3 is 2.64 bits per heavy atom. The number of nitrogens with one attached hydrogen (secondary N) is 4. The van der Waals surface area contributed by atoms with Gasteiger partial charge in [0.2, 0.25) is 0 Å². The molecule has 11 heteroatoms. The molecule has 0 spiro atoms. The number of hydrogen-bond acceptors (Lipinski definition) is 8. The lowest BCUT2D eigenvalue weighted by Crippen LogP contribution is -2.51. The summed E-state index contributed by atoms with van der Waals surface area (Å²) in [5, 5.41) is 24.1. The predicted molar refractivity (Wildman–Crippen MR) is 102 cm³/mol. The van der Waals surface area contributed by atoms with Gasteiger partial charge in [0.25, 0.3) is 5.91 Å². The Kier molecular flexibility index (Phi) is 8.45. The molecule has 1 unspecified atom stereocenters. The van der Waals surface area contributed by atoms with E-state index in [1.165, 1.54) is 0 Å². The molecule has 154 valence electrons. The third-order valence-electron chi connectivity index (χ3n) is 3.25. The van der Waals surface area contributed by atoms with Crippen LogP contribution in [0.1, 0.15) is 27.2 Å². The molecule has 4 N–H and O–H groups in total. The number of rotatable bonds is 7. The van der Waals surface area contributed by atoms with Gasteiger partial charge in [0.15, 0.2) is 11.7 Å². The molecule has 1 aliphatic heterocycles. The summed E-state index contributed by atoms with van der Waals surface area (Å²) >= 11 is 5.37. The second-order valence-corrected chi connectivity index (χ2v) is 7.12. The van der Waals surface area contributed by atoms with E-state index in [1.807, 2.05) is 0 Å². The SMILES string of the molecule is CC(C)(C)OC(=O)CC1OCCN(C(=N)/C(F)=C\N/C(C=N)=C/C(=N)Cl)C1=O. The number of nitrogens with zero attached hydrogens (tertiary/aromatic N) is 1. The lowest BCUT2D eigenvalue weighted by Gasteiger charge is -2.32. The second kappa shape index (κ2) is 10.1. The Labute approximate surface area is 167 Å². The molecule has 1 saturated heterocycles. The molecule has 0 saturated carbocycles. The molecular formula is C17H23ClFN5O4. The van der Waals surface area contributed by atoms with Crippen LogP contribution in [0.25, 0.3) is 0 Å². The number of carbonyl (C=O) groups excluding carboxylic acids is 2. The van der Waals surface area contributed by atoms with Gasteiger partial charge in [-0.3, -0.25) is 25.3 Å². The van der Waals surface area contributed by atoms with E-state index in [0.717, 1.165) is 23.4 Å². The highest BCUT2D eigenvalue weighted by Gasteiger charge is 2.35. The van der Waals surface area contributed by atoms with Gasteiger partial charge in [-0.1, -0.05) is 11.6 Å². The van der Waals surface area contributed by atoms with Crippen LogP contribution in [-0.4, -0.2) is 58.9 Å². The van der Waals surface area contributed by atoms with Gasteiger partial charge >= 0.3 is 5.97 Å². The number of amides is 1. The smallest absolute Gasteiger partial charge is 0.309 e. The fourth-order valence-electron chi connectivity index (χ4n) is 2.15. The van der Waals surface area contributed by atoms with Crippen molar-refractivity contribution in [3.8, 4) is 0 Å². The summed E-state index contributed by atoms with van der Waals surface area (Å²) in [5.41, 5.74) is -0.708. The van der Waals surface area contributed by atoms with Crippen LogP contribution in [0.5, 0.6) is 0 Å². The van der Waals surface area contributed by atoms with Gasteiger partial charge in [0.1, 0.15) is 16.9 Å². The number of halogens is 2. The fraction of sp³-hybridized carbons (Fsp3) is 0.471. The molecule has 0 bridgehead atoms. The molecule has 28 heavy (non-hydrogen) atoms. The van der Waals surface area contributed by atoms with Crippen LogP contribution in [-0.2, 0) is 19.1 Å². The van der Waals surface area contributed by atoms with Gasteiger partial charge in [-0.25, -0.2) is 4.39 Å². The summed E-state index contributed by atoms with van der Waals surface area (Å²) in [7, 11) is 0. The van der Waals surface area contributed by atoms with Crippen molar-refractivity contribution in [2.75, 3.05) is 13.2 Å². The number of allylic oxidation sites excluding steroid dienone is 2. The van der Waals surface area contributed by atoms with Gasteiger partial charge in [-0.05, 0) is 26.8 Å². The number of hydrogen-bond donors (Lipinski definition) is 4. The summed E-state index contributed by atoms with van der Waals surface area (Å²) in [5.74, 6) is -3.17. The van der Waals surface area contributed by atoms with Gasteiger partial charge in [0, 0.05) is 12.4 Å². The molecule has 1 aliphatic rings. The summed E-state index contributed by atoms with van der Waals surface area (Å²) < 4.78 is 24.7. The van der Waals surface area contributed by atoms with Crippen molar-refractivity contribution in [2.45, 2.75) is 38.9 Å². The molecule has 9 nitrogen and oxygen atoms in total.